The standard InChI is InChI=1S/C24H29N3O4S/c1-19-11-13-21(14-12-19)32(29,30)27(20-8-5-4-6-9-20)16-15-24(28)25-18-22(26(2)3)23-10-7-17-31-23/h4-14,17,22H,15-16,18H2,1-3H3,(H,25,28). The molecule has 0 saturated heterocycles. The lowest BCUT2D eigenvalue weighted by atomic mass is 10.2. The van der Waals surface area contributed by atoms with Gasteiger partial charge in [0.15, 0.2) is 0 Å². The van der Waals surface area contributed by atoms with Crippen molar-refractivity contribution in [1.29, 1.82) is 0 Å². The molecule has 7 nitrogen and oxygen atoms in total. The summed E-state index contributed by atoms with van der Waals surface area (Å²) in [5, 5.41) is 2.90. The number of rotatable bonds is 10. The molecule has 3 rings (SSSR count). The van der Waals surface area contributed by atoms with Gasteiger partial charge in [-0.2, -0.15) is 0 Å². The van der Waals surface area contributed by atoms with E-state index in [1.54, 1.807) is 60.9 Å². The minimum atomic E-state index is -3.82. The second-order valence-electron chi connectivity index (χ2n) is 7.77. The molecule has 2 aromatic carbocycles. The van der Waals surface area contributed by atoms with Crippen LogP contribution in [0.1, 0.15) is 23.8 Å². The Morgan fingerprint density at radius 3 is 2.28 bits per heavy atom. The molecule has 1 atom stereocenters. The Labute approximate surface area is 189 Å². The average molecular weight is 456 g/mol. The molecule has 0 aliphatic heterocycles. The Hall–Kier alpha value is -3.10. The third kappa shape index (κ3) is 5.77. The van der Waals surface area contributed by atoms with Crippen molar-refractivity contribution < 1.29 is 17.6 Å². The van der Waals surface area contributed by atoms with Crippen LogP contribution < -0.4 is 9.62 Å². The van der Waals surface area contributed by atoms with Crippen LogP contribution in [0.2, 0.25) is 0 Å². The first-order chi connectivity index (χ1) is 15.3. The van der Waals surface area contributed by atoms with Gasteiger partial charge in [0.05, 0.1) is 22.9 Å². The van der Waals surface area contributed by atoms with E-state index >= 15 is 0 Å². The fourth-order valence-electron chi connectivity index (χ4n) is 3.34. The summed E-state index contributed by atoms with van der Waals surface area (Å²) in [4.78, 5) is 14.7. The molecule has 0 aliphatic carbocycles. The normalized spacial score (nSPS) is 12.5. The second kappa shape index (κ2) is 10.5. The molecular weight excluding hydrogens is 426 g/mol. The van der Waals surface area contributed by atoms with E-state index in [9.17, 15) is 13.2 Å². The highest BCUT2D eigenvalue weighted by Gasteiger charge is 2.26. The summed E-state index contributed by atoms with van der Waals surface area (Å²) in [6.45, 7) is 2.29. The monoisotopic (exact) mass is 455 g/mol. The molecule has 0 saturated carbocycles. The number of benzene rings is 2. The van der Waals surface area contributed by atoms with Gasteiger partial charge in [0.2, 0.25) is 5.91 Å². The Balaban J connectivity index is 1.72. The predicted molar refractivity (Wildman–Crippen MR) is 125 cm³/mol. The number of furan rings is 1. The van der Waals surface area contributed by atoms with E-state index in [1.807, 2.05) is 38.1 Å². The molecule has 0 aliphatic rings. The Bertz CT molecular complexity index is 1100. The largest absolute Gasteiger partial charge is 0.468 e. The minimum Gasteiger partial charge on any atom is -0.468 e. The van der Waals surface area contributed by atoms with E-state index in [2.05, 4.69) is 5.32 Å². The topological polar surface area (TPSA) is 82.9 Å². The van der Waals surface area contributed by atoms with Crippen molar-refractivity contribution in [1.82, 2.24) is 10.2 Å². The molecule has 1 aromatic heterocycles. The third-order valence-electron chi connectivity index (χ3n) is 5.18. The number of anilines is 1. The van der Waals surface area contributed by atoms with Crippen molar-refractivity contribution in [2.24, 2.45) is 0 Å². The summed E-state index contributed by atoms with van der Waals surface area (Å²) in [5.41, 5.74) is 1.49. The summed E-state index contributed by atoms with van der Waals surface area (Å²) in [5.74, 6) is 0.520. The highest BCUT2D eigenvalue weighted by molar-refractivity contribution is 7.92. The molecule has 0 fully saturated rings. The third-order valence-corrected chi connectivity index (χ3v) is 7.02. The van der Waals surface area contributed by atoms with Crippen LogP contribution in [0.25, 0.3) is 0 Å². The van der Waals surface area contributed by atoms with E-state index in [0.717, 1.165) is 11.3 Å². The summed E-state index contributed by atoms with van der Waals surface area (Å²) in [6.07, 6.45) is 1.62. The van der Waals surface area contributed by atoms with Crippen molar-refractivity contribution in [2.75, 3.05) is 31.5 Å². The quantitative estimate of drug-likeness (QED) is 0.505. The lowest BCUT2D eigenvalue weighted by Crippen LogP contribution is -2.38. The highest BCUT2D eigenvalue weighted by Crippen LogP contribution is 2.24. The molecule has 170 valence electrons. The fraction of sp³-hybridized carbons (Fsp3) is 0.292. The Morgan fingerprint density at radius 2 is 1.69 bits per heavy atom. The maximum atomic E-state index is 13.3. The summed E-state index contributed by atoms with van der Waals surface area (Å²) >= 11 is 0. The smallest absolute Gasteiger partial charge is 0.264 e. The first-order valence-electron chi connectivity index (χ1n) is 10.4. The lowest BCUT2D eigenvalue weighted by Gasteiger charge is -2.25. The summed E-state index contributed by atoms with van der Waals surface area (Å²) in [7, 11) is -0.00188. The van der Waals surface area contributed by atoms with Gasteiger partial charge in [-0.1, -0.05) is 35.9 Å². The predicted octanol–water partition coefficient (Wildman–Crippen LogP) is 3.59. The van der Waals surface area contributed by atoms with E-state index in [-0.39, 0.29) is 29.8 Å². The number of amides is 1. The zero-order chi connectivity index (χ0) is 23.1. The first-order valence-corrected chi connectivity index (χ1v) is 11.8. The van der Waals surface area contributed by atoms with Gasteiger partial charge in [0, 0.05) is 19.5 Å². The average Bonchev–Trinajstić information content (AvgIpc) is 3.29. The molecule has 1 heterocycles. The molecule has 1 unspecified atom stereocenters. The van der Waals surface area contributed by atoms with Gasteiger partial charge in [0.1, 0.15) is 5.76 Å². The minimum absolute atomic E-state index is 0.0261. The summed E-state index contributed by atoms with van der Waals surface area (Å²) in [6, 6.07) is 19.1. The van der Waals surface area contributed by atoms with E-state index in [1.165, 1.54) is 4.31 Å². The molecule has 1 amide bonds. The number of hydrogen-bond donors (Lipinski definition) is 1. The van der Waals surface area contributed by atoms with E-state index < -0.39 is 10.0 Å². The number of carbonyl (C=O) groups excluding carboxylic acids is 1. The molecule has 8 heteroatoms. The number of hydrogen-bond acceptors (Lipinski definition) is 5. The molecule has 1 N–H and O–H groups in total. The Kier molecular flexibility index (Phi) is 7.71. The SMILES string of the molecule is Cc1ccc(S(=O)(=O)N(CCC(=O)NCC(c2ccco2)N(C)C)c2ccccc2)cc1. The van der Waals surface area contributed by atoms with Crippen LogP contribution in [0, 0.1) is 6.92 Å². The van der Waals surface area contributed by atoms with Crippen molar-refractivity contribution >= 4 is 21.6 Å². The molecule has 0 spiro atoms. The fourth-order valence-corrected chi connectivity index (χ4v) is 4.81. The number of likely N-dealkylation sites (N-methyl/N-ethyl adjacent to an activating group) is 1. The van der Waals surface area contributed by atoms with Crippen LogP contribution >= 0.6 is 0 Å². The van der Waals surface area contributed by atoms with Crippen molar-refractivity contribution in [2.45, 2.75) is 24.3 Å². The number of para-hydroxylation sites is 1. The van der Waals surface area contributed by atoms with Gasteiger partial charge in [0.25, 0.3) is 10.0 Å². The maximum absolute atomic E-state index is 13.3. The second-order valence-corrected chi connectivity index (χ2v) is 9.64. The van der Waals surface area contributed by atoms with Crippen molar-refractivity contribution in [3.63, 3.8) is 0 Å². The number of nitrogens with zero attached hydrogens (tertiary/aromatic N) is 2. The molecule has 0 radical (unpaired) electrons. The van der Waals surface area contributed by atoms with Crippen LogP contribution in [-0.4, -0.2) is 46.4 Å². The molecular formula is C24H29N3O4S. The van der Waals surface area contributed by atoms with E-state index in [4.69, 9.17) is 4.42 Å². The van der Waals surface area contributed by atoms with Gasteiger partial charge < -0.3 is 9.73 Å². The van der Waals surface area contributed by atoms with Gasteiger partial charge in [-0.3, -0.25) is 14.0 Å². The first kappa shape index (κ1) is 23.6. The van der Waals surface area contributed by atoms with Crippen molar-refractivity contribution in [3.05, 3.63) is 84.3 Å². The number of nitrogens with one attached hydrogen (secondary N) is 1. The van der Waals surface area contributed by atoms with Gasteiger partial charge >= 0.3 is 0 Å². The lowest BCUT2D eigenvalue weighted by molar-refractivity contribution is -0.121. The van der Waals surface area contributed by atoms with Crippen LogP contribution in [0.3, 0.4) is 0 Å². The highest BCUT2D eigenvalue weighted by atomic mass is 32.2. The number of sulfonamides is 1. The van der Waals surface area contributed by atoms with Gasteiger partial charge in [-0.25, -0.2) is 8.42 Å². The van der Waals surface area contributed by atoms with Crippen LogP contribution in [0.15, 0.2) is 82.3 Å². The van der Waals surface area contributed by atoms with Crippen LogP contribution in [0.4, 0.5) is 5.69 Å². The van der Waals surface area contributed by atoms with Crippen LogP contribution in [-0.2, 0) is 14.8 Å². The Morgan fingerprint density at radius 1 is 1.00 bits per heavy atom. The van der Waals surface area contributed by atoms with Gasteiger partial charge in [-0.05, 0) is 57.4 Å². The molecule has 32 heavy (non-hydrogen) atoms. The number of aryl methyl sites for hydroxylation is 1. The zero-order valence-corrected chi connectivity index (χ0v) is 19.4. The number of carbonyl (C=O) groups is 1. The molecule has 3 aromatic rings. The maximum Gasteiger partial charge on any atom is 0.264 e. The summed E-state index contributed by atoms with van der Waals surface area (Å²) < 4.78 is 33.4. The van der Waals surface area contributed by atoms with Gasteiger partial charge in [-0.15, -0.1) is 0 Å². The molecule has 0 bridgehead atoms. The van der Waals surface area contributed by atoms with Crippen LogP contribution in [0.5, 0.6) is 0 Å². The van der Waals surface area contributed by atoms with Crippen molar-refractivity contribution in [3.8, 4) is 0 Å². The zero-order valence-electron chi connectivity index (χ0n) is 18.6. The van der Waals surface area contributed by atoms with E-state index in [0.29, 0.717) is 12.2 Å².